The fourth-order valence-corrected chi connectivity index (χ4v) is 9.90. The lowest BCUT2D eigenvalue weighted by Gasteiger charge is -2.25. The van der Waals surface area contributed by atoms with Crippen molar-refractivity contribution < 1.29 is 84.5 Å². The van der Waals surface area contributed by atoms with Crippen LogP contribution in [0, 0.1) is 5.41 Å². The molecular formula is C76H93N9O17. The average molecular weight is 1400 g/mol. The number of hydrogen-bond acceptors (Lipinski definition) is 23. The molecule has 0 amide bonds. The van der Waals surface area contributed by atoms with Gasteiger partial charge in [-0.1, -0.05) is 55.5 Å². The molecule has 0 spiro atoms. The Balaban J connectivity index is 0.000000281. The van der Waals surface area contributed by atoms with Crippen LogP contribution in [0.1, 0.15) is 102 Å². The van der Waals surface area contributed by atoms with Gasteiger partial charge in [-0.3, -0.25) is 50.0 Å². The molecule has 0 bridgehead atoms. The predicted molar refractivity (Wildman–Crippen MR) is 394 cm³/mol. The van der Waals surface area contributed by atoms with E-state index in [1.807, 2.05) is 31.2 Å². The molecular weight excluding hydrogens is 1310 g/mol. The van der Waals surface area contributed by atoms with Crippen molar-refractivity contribution in [2.45, 2.75) is 64.5 Å². The first-order valence-electron chi connectivity index (χ1n) is 32.8. The summed E-state index contributed by atoms with van der Waals surface area (Å²) in [4.78, 5) is 67.2. The zero-order valence-corrected chi connectivity index (χ0v) is 57.9. The number of ketones is 1. The molecule has 0 radical (unpaired) electrons. The van der Waals surface area contributed by atoms with Gasteiger partial charge in [-0.15, -0.1) is 0 Å². The highest BCUT2D eigenvalue weighted by molar-refractivity contribution is 5.86. The molecule has 0 aromatic heterocycles. The fraction of sp³-hybridized carbons (Fsp3) is 0.329. The quantitative estimate of drug-likeness (QED) is 0.0126. The summed E-state index contributed by atoms with van der Waals surface area (Å²) in [5, 5.41) is 111. The maximum Gasteiger partial charge on any atom is 0.317 e. The Bertz CT molecular complexity index is 3660. The van der Waals surface area contributed by atoms with Crippen LogP contribution in [-0.4, -0.2) is 199 Å². The van der Waals surface area contributed by atoms with E-state index in [0.717, 1.165) is 42.9 Å². The Morgan fingerprint density at radius 2 is 0.765 bits per heavy atom. The minimum Gasteiger partial charge on any atom is -0.508 e. The maximum atomic E-state index is 11.4. The number of aromatic hydroxyl groups is 7. The van der Waals surface area contributed by atoms with Gasteiger partial charge in [0.15, 0.2) is 0 Å². The maximum absolute atomic E-state index is 11.4. The first kappa shape index (κ1) is 81.5. The number of ether oxygens (including phenoxy) is 3. The molecule has 14 N–H and O–H groups in total. The lowest BCUT2D eigenvalue weighted by molar-refractivity contribution is -0.137. The standard InChI is InChI=1S/C29H33N3O6.C27H34N2O9.C20H26N4O2/c1-29(17-30-14-20-11-23(36-2)5-8-26(20)33,18-31-15-21-12-24(37-3)6-9-27(21)34)19-32-16-22-13-25(38-4)7-10-28(22)35;1-16(30)2-3-17-4-9-23(31)19(12-17)21(28-14-26(35)36)7-8-22(29-15-27(37)38)20-13-18(5-10-24(20)32)6-11-25(33)34;25-19-7-3-1-5-17(19)15-23-13-11-21-9-10-22-12-14-24-16-18-6-2-4-8-20(18)26/h5-16,33-35H,17-19H2,1-4H3;4-5,9-10,12-13,21-22,28-29,31-32H,2-3,6-8,11,14-15H2,1H3,(H,33,34)(H,35,36)(H,37,38);1-8,15-16,21-22,25-26H,9-14H2. The summed E-state index contributed by atoms with van der Waals surface area (Å²) in [7, 11) is 4.67. The van der Waals surface area contributed by atoms with Gasteiger partial charge in [-0.2, -0.15) is 0 Å². The van der Waals surface area contributed by atoms with Crippen molar-refractivity contribution >= 4 is 54.8 Å². The summed E-state index contributed by atoms with van der Waals surface area (Å²) in [6, 6.07) is 37.2. The van der Waals surface area contributed by atoms with Gasteiger partial charge in [0.05, 0.1) is 47.5 Å². The minimum atomic E-state index is -1.12. The second kappa shape index (κ2) is 44.0. The van der Waals surface area contributed by atoms with Crippen LogP contribution in [0.4, 0.5) is 0 Å². The number of aliphatic imine (C=N–C) groups is 5. The van der Waals surface area contributed by atoms with Crippen LogP contribution in [0.25, 0.3) is 0 Å². The monoisotopic (exact) mass is 1400 g/mol. The number of aryl methyl sites for hydroxylation is 2. The van der Waals surface area contributed by atoms with E-state index in [9.17, 15) is 65.1 Å². The zero-order valence-electron chi connectivity index (χ0n) is 57.9. The minimum absolute atomic E-state index is 0.0120. The summed E-state index contributed by atoms with van der Waals surface area (Å²) in [6.07, 6.45) is 9.50. The van der Waals surface area contributed by atoms with E-state index >= 15 is 0 Å². The topological polar surface area (TPSA) is 408 Å². The van der Waals surface area contributed by atoms with Crippen molar-refractivity contribution in [2.24, 2.45) is 30.4 Å². The number of carboxylic acid groups (broad SMARTS) is 3. The van der Waals surface area contributed by atoms with Gasteiger partial charge in [-0.05, 0) is 135 Å². The second-order valence-corrected chi connectivity index (χ2v) is 23.8. The number of nitrogens with one attached hydrogen (secondary N) is 4. The number of carboxylic acids is 3. The van der Waals surface area contributed by atoms with E-state index in [0.29, 0.717) is 96.2 Å². The SMILES string of the molecule is CC(=O)CCc1ccc(O)c(C(CCC(NCC(=O)O)c2cc(CCC(=O)O)ccc2O)NCC(=O)O)c1.COc1ccc(O)c(C=NCC(C)(CN=Cc2cc(OC)ccc2O)CN=Cc2cc(OC)ccc2O)c1.Oc1ccccc1C=NCCNCCNCCN=Cc1ccccc1O. The number of phenolic OH excluding ortho intramolecular Hbond substituents is 7. The number of aliphatic carboxylic acids is 3. The number of benzene rings is 7. The third-order valence-electron chi connectivity index (χ3n) is 15.5. The Labute approximate surface area is 593 Å². The molecule has 0 saturated carbocycles. The number of nitrogens with zero attached hydrogens (tertiary/aromatic N) is 5. The Kier molecular flexibility index (Phi) is 35.2. The first-order valence-corrected chi connectivity index (χ1v) is 32.8. The number of rotatable bonds is 40. The average Bonchev–Trinajstić information content (AvgIpc) is 0.834. The Morgan fingerprint density at radius 1 is 0.422 bits per heavy atom. The number of carbonyl (C=O) groups excluding carboxylic acids is 1. The third-order valence-corrected chi connectivity index (χ3v) is 15.5. The lowest BCUT2D eigenvalue weighted by atomic mass is 9.91. The molecule has 0 heterocycles. The van der Waals surface area contributed by atoms with Crippen molar-refractivity contribution in [3.05, 3.63) is 190 Å². The zero-order chi connectivity index (χ0) is 74.2. The summed E-state index contributed by atoms with van der Waals surface area (Å²) in [5.41, 5.74) is 4.79. The summed E-state index contributed by atoms with van der Waals surface area (Å²) in [6.45, 7) is 8.30. The van der Waals surface area contributed by atoms with E-state index < -0.39 is 48.5 Å². The van der Waals surface area contributed by atoms with Gasteiger partial charge in [0, 0.05) is 146 Å². The van der Waals surface area contributed by atoms with Crippen molar-refractivity contribution in [1.82, 2.24) is 21.3 Å². The van der Waals surface area contributed by atoms with Crippen LogP contribution in [0.15, 0.2) is 164 Å². The molecule has 26 nitrogen and oxygen atoms in total. The van der Waals surface area contributed by atoms with Crippen molar-refractivity contribution in [3.63, 3.8) is 0 Å². The van der Waals surface area contributed by atoms with Crippen LogP contribution < -0.4 is 35.5 Å². The number of para-hydroxylation sites is 2. The second-order valence-electron chi connectivity index (χ2n) is 23.8. The van der Waals surface area contributed by atoms with Crippen LogP contribution in [0.2, 0.25) is 0 Å². The first-order chi connectivity index (χ1) is 49.0. The smallest absolute Gasteiger partial charge is 0.317 e. The Morgan fingerprint density at radius 3 is 1.11 bits per heavy atom. The normalized spacial score (nSPS) is 12.6. The molecule has 7 aromatic rings. The highest BCUT2D eigenvalue weighted by Crippen LogP contribution is 2.35. The molecule has 2 atom stereocenters. The molecule has 0 aliphatic heterocycles. The van der Waals surface area contributed by atoms with E-state index in [2.05, 4.69) is 46.2 Å². The molecule has 0 saturated heterocycles. The van der Waals surface area contributed by atoms with E-state index in [-0.39, 0.29) is 71.7 Å². The summed E-state index contributed by atoms with van der Waals surface area (Å²) < 4.78 is 15.7. The molecule has 0 fully saturated rings. The van der Waals surface area contributed by atoms with Crippen LogP contribution in [-0.2, 0) is 32.0 Å². The molecule has 0 aliphatic rings. The molecule has 544 valence electrons. The van der Waals surface area contributed by atoms with Crippen LogP contribution in [0.3, 0.4) is 0 Å². The van der Waals surface area contributed by atoms with Crippen LogP contribution >= 0.6 is 0 Å². The number of Topliss-reactive ketones (excluding diaryl/α,β-unsaturated/α-hetero) is 1. The van der Waals surface area contributed by atoms with E-state index in [1.54, 1.807) is 156 Å². The molecule has 0 aliphatic carbocycles. The van der Waals surface area contributed by atoms with Gasteiger partial charge in [0.2, 0.25) is 0 Å². The number of carbonyl (C=O) groups is 4. The summed E-state index contributed by atoms with van der Waals surface area (Å²) >= 11 is 0. The molecule has 7 aromatic carbocycles. The summed E-state index contributed by atoms with van der Waals surface area (Å²) in [5.74, 6) is -0.749. The van der Waals surface area contributed by atoms with Gasteiger partial charge < -0.3 is 80.7 Å². The molecule has 26 heteroatoms. The van der Waals surface area contributed by atoms with E-state index in [1.165, 1.54) is 19.1 Å². The highest BCUT2D eigenvalue weighted by atomic mass is 16.5. The third kappa shape index (κ3) is 30.1. The van der Waals surface area contributed by atoms with Crippen molar-refractivity contribution in [1.29, 1.82) is 0 Å². The highest BCUT2D eigenvalue weighted by Gasteiger charge is 2.25. The molecule has 7 rings (SSSR count). The van der Waals surface area contributed by atoms with E-state index in [4.69, 9.17) is 19.3 Å². The van der Waals surface area contributed by atoms with Gasteiger partial charge in [-0.25, -0.2) is 0 Å². The van der Waals surface area contributed by atoms with Crippen molar-refractivity contribution in [3.8, 4) is 57.5 Å². The molecule has 102 heavy (non-hydrogen) atoms. The number of phenols is 7. The van der Waals surface area contributed by atoms with Gasteiger partial charge in [0.1, 0.15) is 63.3 Å². The van der Waals surface area contributed by atoms with Gasteiger partial charge in [0.25, 0.3) is 0 Å². The van der Waals surface area contributed by atoms with Crippen LogP contribution in [0.5, 0.6) is 57.5 Å². The molecule has 2 unspecified atom stereocenters. The Hall–Kier alpha value is -11.2. The predicted octanol–water partition coefficient (Wildman–Crippen LogP) is 8.86. The number of hydrogen-bond donors (Lipinski definition) is 14. The largest absolute Gasteiger partial charge is 0.508 e. The van der Waals surface area contributed by atoms with Gasteiger partial charge >= 0.3 is 17.9 Å². The lowest BCUT2D eigenvalue weighted by Crippen LogP contribution is -2.31. The van der Waals surface area contributed by atoms with Crippen molar-refractivity contribution in [2.75, 3.05) is 93.3 Å². The number of methoxy groups -OCH3 is 3. The fourth-order valence-electron chi connectivity index (χ4n) is 9.90.